The van der Waals surface area contributed by atoms with Gasteiger partial charge < -0.3 is 20.1 Å². The topological polar surface area (TPSA) is 81.9 Å². The predicted octanol–water partition coefficient (Wildman–Crippen LogP) is 1.31. The van der Waals surface area contributed by atoms with Crippen molar-refractivity contribution >= 4 is 27.8 Å². The lowest BCUT2D eigenvalue weighted by Gasteiger charge is -2.21. The number of esters is 1. The van der Waals surface area contributed by atoms with Gasteiger partial charge in [-0.15, -0.1) is 0 Å². The van der Waals surface area contributed by atoms with Crippen LogP contribution in [0.3, 0.4) is 0 Å². The molecule has 0 heterocycles. The smallest absolute Gasteiger partial charge is 0.332 e. The highest BCUT2D eigenvalue weighted by Gasteiger charge is 2.26. The summed E-state index contributed by atoms with van der Waals surface area (Å²) in [5.41, 5.74) is 6.40. The zero-order valence-corrected chi connectivity index (χ0v) is 13.8. The van der Waals surface area contributed by atoms with Crippen molar-refractivity contribution in [3.8, 4) is 5.75 Å². The van der Waals surface area contributed by atoms with Crippen molar-refractivity contribution in [2.45, 2.75) is 19.5 Å². The molecule has 1 rings (SSSR count). The molecule has 0 radical (unpaired) electrons. The van der Waals surface area contributed by atoms with Crippen molar-refractivity contribution in [1.82, 2.24) is 4.90 Å². The average molecular weight is 359 g/mol. The number of likely N-dealkylation sites (N-methyl/N-ethyl adjacent to an activating group) is 1. The first-order chi connectivity index (χ1) is 9.90. The molecule has 1 amide bonds. The van der Waals surface area contributed by atoms with E-state index in [9.17, 15) is 9.59 Å². The minimum Gasteiger partial charge on any atom is -0.496 e. The number of nitrogens with zero attached hydrogens (tertiary/aromatic N) is 1. The highest BCUT2D eigenvalue weighted by atomic mass is 79.9. The molecule has 1 aromatic rings. The molecule has 0 saturated heterocycles. The summed E-state index contributed by atoms with van der Waals surface area (Å²) >= 11 is 3.37. The molecule has 0 fully saturated rings. The molecule has 21 heavy (non-hydrogen) atoms. The monoisotopic (exact) mass is 358 g/mol. The molecule has 116 valence electrons. The highest BCUT2D eigenvalue weighted by molar-refractivity contribution is 9.10. The van der Waals surface area contributed by atoms with E-state index in [-0.39, 0.29) is 13.2 Å². The maximum Gasteiger partial charge on any atom is 0.332 e. The van der Waals surface area contributed by atoms with Gasteiger partial charge in [-0.3, -0.25) is 4.79 Å². The second-order valence-corrected chi connectivity index (χ2v) is 5.30. The number of carbonyl (C=O) groups excluding carboxylic acids is 2. The van der Waals surface area contributed by atoms with E-state index in [2.05, 4.69) is 15.9 Å². The molecule has 0 spiro atoms. The second-order valence-electron chi connectivity index (χ2n) is 4.38. The zero-order valence-electron chi connectivity index (χ0n) is 12.3. The zero-order chi connectivity index (χ0) is 16.0. The molecule has 0 aromatic heterocycles. The summed E-state index contributed by atoms with van der Waals surface area (Å²) in [6, 6.07) is 4.17. The van der Waals surface area contributed by atoms with Crippen LogP contribution in [-0.2, 0) is 20.9 Å². The summed E-state index contributed by atoms with van der Waals surface area (Å²) in [4.78, 5) is 25.0. The van der Waals surface area contributed by atoms with E-state index in [4.69, 9.17) is 15.2 Å². The molecule has 1 unspecified atom stereocenters. The Kier molecular flexibility index (Phi) is 6.64. The number of hydrogen-bond acceptors (Lipinski definition) is 5. The van der Waals surface area contributed by atoms with Gasteiger partial charge in [-0.2, -0.15) is 0 Å². The Morgan fingerprint density at radius 3 is 2.67 bits per heavy atom. The van der Waals surface area contributed by atoms with Crippen LogP contribution in [-0.4, -0.2) is 43.6 Å². The van der Waals surface area contributed by atoms with Gasteiger partial charge in [0, 0.05) is 23.6 Å². The van der Waals surface area contributed by atoms with Crippen molar-refractivity contribution in [2.24, 2.45) is 5.73 Å². The maximum absolute atomic E-state index is 12.1. The number of rotatable bonds is 6. The third kappa shape index (κ3) is 4.71. The molecule has 0 aliphatic heterocycles. The number of halogens is 1. The summed E-state index contributed by atoms with van der Waals surface area (Å²) in [5, 5.41) is 0. The molecule has 1 atom stereocenters. The fourth-order valence-corrected chi connectivity index (χ4v) is 2.18. The summed E-state index contributed by atoms with van der Waals surface area (Å²) < 4.78 is 10.9. The van der Waals surface area contributed by atoms with E-state index in [1.165, 1.54) is 4.90 Å². The SMILES string of the molecule is CCOC(=O)C(N)C(=O)N(C)Cc1cc(Br)ccc1OC. The van der Waals surface area contributed by atoms with Crippen LogP contribution in [0.5, 0.6) is 5.75 Å². The quantitative estimate of drug-likeness (QED) is 0.612. The lowest BCUT2D eigenvalue weighted by Crippen LogP contribution is -2.47. The standard InChI is InChI=1S/C14H19BrN2O4/c1-4-21-14(19)12(16)13(18)17(2)8-9-7-10(15)5-6-11(9)20-3/h5-7,12H,4,8,16H2,1-3H3. The van der Waals surface area contributed by atoms with E-state index < -0.39 is 17.9 Å². The Balaban J connectivity index is 2.81. The van der Waals surface area contributed by atoms with E-state index in [0.29, 0.717) is 5.75 Å². The van der Waals surface area contributed by atoms with E-state index >= 15 is 0 Å². The third-order valence-corrected chi connectivity index (χ3v) is 3.33. The number of carbonyl (C=O) groups is 2. The van der Waals surface area contributed by atoms with Crippen LogP contribution in [0, 0.1) is 0 Å². The van der Waals surface area contributed by atoms with Crippen molar-refractivity contribution in [1.29, 1.82) is 0 Å². The van der Waals surface area contributed by atoms with E-state index in [1.54, 1.807) is 27.1 Å². The summed E-state index contributed by atoms with van der Waals surface area (Å²) in [5.74, 6) is -0.575. The number of ether oxygens (including phenoxy) is 2. The van der Waals surface area contributed by atoms with E-state index in [0.717, 1.165) is 10.0 Å². The lowest BCUT2D eigenvalue weighted by molar-refractivity contribution is -0.150. The molecule has 1 aromatic carbocycles. The highest BCUT2D eigenvalue weighted by Crippen LogP contribution is 2.24. The van der Waals surface area contributed by atoms with Gasteiger partial charge >= 0.3 is 5.97 Å². The molecule has 0 saturated carbocycles. The van der Waals surface area contributed by atoms with Gasteiger partial charge in [0.25, 0.3) is 5.91 Å². The third-order valence-electron chi connectivity index (χ3n) is 2.83. The Labute approximate surface area is 132 Å². The average Bonchev–Trinajstić information content (AvgIpc) is 2.46. The first-order valence-corrected chi connectivity index (χ1v) is 7.19. The fraction of sp³-hybridized carbons (Fsp3) is 0.429. The van der Waals surface area contributed by atoms with Crippen molar-refractivity contribution < 1.29 is 19.1 Å². The summed E-state index contributed by atoms with van der Waals surface area (Å²) in [6.45, 7) is 2.11. The summed E-state index contributed by atoms with van der Waals surface area (Å²) in [7, 11) is 3.13. The van der Waals surface area contributed by atoms with Crippen LogP contribution in [0.25, 0.3) is 0 Å². The largest absolute Gasteiger partial charge is 0.496 e. The molecule has 6 nitrogen and oxygen atoms in total. The van der Waals surface area contributed by atoms with Crippen molar-refractivity contribution in [2.75, 3.05) is 20.8 Å². The molecular formula is C14H19BrN2O4. The van der Waals surface area contributed by atoms with E-state index in [1.807, 2.05) is 12.1 Å². The molecule has 0 bridgehead atoms. The fourth-order valence-electron chi connectivity index (χ4n) is 1.77. The van der Waals surface area contributed by atoms with Gasteiger partial charge in [0.15, 0.2) is 6.04 Å². The number of nitrogens with two attached hydrogens (primary N) is 1. The van der Waals surface area contributed by atoms with Gasteiger partial charge in [-0.1, -0.05) is 15.9 Å². The first kappa shape index (κ1) is 17.5. The first-order valence-electron chi connectivity index (χ1n) is 6.40. The van der Waals surface area contributed by atoms with Crippen LogP contribution >= 0.6 is 15.9 Å². The van der Waals surface area contributed by atoms with Gasteiger partial charge in [0.2, 0.25) is 0 Å². The van der Waals surface area contributed by atoms with Gasteiger partial charge in [-0.05, 0) is 25.1 Å². The predicted molar refractivity (Wildman–Crippen MR) is 81.8 cm³/mol. The minimum absolute atomic E-state index is 0.184. The lowest BCUT2D eigenvalue weighted by atomic mass is 10.1. The molecular weight excluding hydrogens is 340 g/mol. The number of methoxy groups -OCH3 is 1. The normalized spacial score (nSPS) is 11.7. The van der Waals surface area contributed by atoms with Crippen LogP contribution in [0.15, 0.2) is 22.7 Å². The number of benzene rings is 1. The van der Waals surface area contributed by atoms with Crippen LogP contribution in [0.1, 0.15) is 12.5 Å². The Morgan fingerprint density at radius 2 is 2.10 bits per heavy atom. The number of hydrogen-bond donors (Lipinski definition) is 1. The Hall–Kier alpha value is -1.60. The Morgan fingerprint density at radius 1 is 1.43 bits per heavy atom. The van der Waals surface area contributed by atoms with Gasteiger partial charge in [0.05, 0.1) is 13.7 Å². The van der Waals surface area contributed by atoms with Gasteiger partial charge in [0.1, 0.15) is 5.75 Å². The molecule has 2 N–H and O–H groups in total. The minimum atomic E-state index is -1.31. The van der Waals surface area contributed by atoms with Crippen LogP contribution in [0.2, 0.25) is 0 Å². The molecule has 0 aliphatic carbocycles. The van der Waals surface area contributed by atoms with Crippen molar-refractivity contribution in [3.63, 3.8) is 0 Å². The Bertz CT molecular complexity index is 522. The van der Waals surface area contributed by atoms with Crippen LogP contribution < -0.4 is 10.5 Å². The molecule has 7 heteroatoms. The maximum atomic E-state index is 12.1. The van der Waals surface area contributed by atoms with Crippen LogP contribution in [0.4, 0.5) is 0 Å². The van der Waals surface area contributed by atoms with Gasteiger partial charge in [-0.25, -0.2) is 4.79 Å². The second kappa shape index (κ2) is 7.99. The summed E-state index contributed by atoms with van der Waals surface area (Å²) in [6.07, 6.45) is 0. The van der Waals surface area contributed by atoms with Crippen molar-refractivity contribution in [3.05, 3.63) is 28.2 Å². The number of amides is 1. The molecule has 0 aliphatic rings.